The highest BCUT2D eigenvalue weighted by atomic mass is 32.2. The number of carbonyl (C=O) groups excluding carboxylic acids is 1. The van der Waals surface area contributed by atoms with Crippen LogP contribution in [0.4, 0.5) is 5.69 Å². The highest BCUT2D eigenvalue weighted by Crippen LogP contribution is 2.31. The van der Waals surface area contributed by atoms with Gasteiger partial charge in [0.25, 0.3) is 5.91 Å². The molecular weight excluding hydrogens is 330 g/mol. The van der Waals surface area contributed by atoms with Crippen molar-refractivity contribution in [1.82, 2.24) is 4.98 Å². The minimum Gasteiger partial charge on any atom is -0.361 e. The van der Waals surface area contributed by atoms with E-state index in [0.717, 1.165) is 22.2 Å². The summed E-state index contributed by atoms with van der Waals surface area (Å²) < 4.78 is 0. The Morgan fingerprint density at radius 2 is 1.96 bits per heavy atom. The van der Waals surface area contributed by atoms with Gasteiger partial charge in [-0.1, -0.05) is 24.3 Å². The number of aliphatic imine (C=N–C) groups is 1. The van der Waals surface area contributed by atoms with Gasteiger partial charge in [0.1, 0.15) is 0 Å². The summed E-state index contributed by atoms with van der Waals surface area (Å²) in [4.78, 5) is 20.2. The second-order valence-corrected chi connectivity index (χ2v) is 7.08. The molecule has 2 N–H and O–H groups in total. The van der Waals surface area contributed by atoms with Crippen molar-refractivity contribution in [3.63, 3.8) is 0 Å². The summed E-state index contributed by atoms with van der Waals surface area (Å²) in [5, 5.41) is 4.94. The van der Waals surface area contributed by atoms with E-state index in [9.17, 15) is 4.79 Å². The van der Waals surface area contributed by atoms with Crippen LogP contribution in [-0.4, -0.2) is 16.1 Å². The van der Waals surface area contributed by atoms with Gasteiger partial charge in [0, 0.05) is 28.4 Å². The summed E-state index contributed by atoms with van der Waals surface area (Å²) in [5.41, 5.74) is 5.43. The topological polar surface area (TPSA) is 57.2 Å². The van der Waals surface area contributed by atoms with E-state index in [1.165, 1.54) is 22.9 Å². The van der Waals surface area contributed by atoms with E-state index >= 15 is 0 Å². The van der Waals surface area contributed by atoms with Gasteiger partial charge in [0.15, 0.2) is 5.17 Å². The minimum atomic E-state index is -0.207. The van der Waals surface area contributed by atoms with E-state index < -0.39 is 0 Å². The van der Waals surface area contributed by atoms with Gasteiger partial charge < -0.3 is 10.3 Å². The number of fused-ring (bicyclic) bond motifs is 1. The maximum atomic E-state index is 12.2. The standard InChI is InChI=1S/C20H17N3OS/c1-12-7-8-15(9-13(12)2)22-20-23-19(24)18(25-20)10-14-11-21-17-6-4-3-5-16(14)17/h3-11,21H,1-2H3,(H,22,23,24). The Labute approximate surface area is 150 Å². The van der Waals surface area contributed by atoms with Crippen LogP contribution in [0.25, 0.3) is 17.0 Å². The average molecular weight is 347 g/mol. The molecule has 1 amide bonds. The Morgan fingerprint density at radius 1 is 1.12 bits per heavy atom. The monoisotopic (exact) mass is 347 g/mol. The molecule has 5 heteroatoms. The third-order valence-electron chi connectivity index (χ3n) is 4.29. The number of nitrogens with one attached hydrogen (secondary N) is 2. The van der Waals surface area contributed by atoms with E-state index in [1.807, 2.05) is 42.6 Å². The number of hydrogen-bond acceptors (Lipinski definition) is 3. The van der Waals surface area contributed by atoms with Crippen LogP contribution >= 0.6 is 11.8 Å². The molecule has 0 aliphatic carbocycles. The molecule has 1 aliphatic heterocycles. The summed E-state index contributed by atoms with van der Waals surface area (Å²) in [6.07, 6.45) is 3.81. The first-order valence-electron chi connectivity index (χ1n) is 8.03. The molecule has 0 saturated carbocycles. The quantitative estimate of drug-likeness (QED) is 0.650. The van der Waals surface area contributed by atoms with E-state index in [1.54, 1.807) is 0 Å². The molecule has 0 spiro atoms. The number of nitrogens with zero attached hydrogens (tertiary/aromatic N) is 1. The third kappa shape index (κ3) is 3.10. The first kappa shape index (κ1) is 15.7. The molecule has 0 bridgehead atoms. The second-order valence-electron chi connectivity index (χ2n) is 6.05. The predicted molar refractivity (Wildman–Crippen MR) is 106 cm³/mol. The van der Waals surface area contributed by atoms with Gasteiger partial charge in [-0.2, -0.15) is 4.99 Å². The van der Waals surface area contributed by atoms with Gasteiger partial charge in [0.05, 0.1) is 4.91 Å². The fourth-order valence-electron chi connectivity index (χ4n) is 2.76. The Balaban J connectivity index is 1.56. The lowest BCUT2D eigenvalue weighted by Crippen LogP contribution is -2.05. The number of para-hydroxylation sites is 1. The van der Waals surface area contributed by atoms with Crippen molar-refractivity contribution < 1.29 is 4.79 Å². The Morgan fingerprint density at radius 3 is 2.80 bits per heavy atom. The largest absolute Gasteiger partial charge is 0.361 e. The molecule has 4 rings (SSSR count). The zero-order valence-electron chi connectivity index (χ0n) is 14.0. The van der Waals surface area contributed by atoms with Crippen molar-refractivity contribution in [3.05, 3.63) is 70.3 Å². The number of benzene rings is 2. The molecular formula is C20H17N3OS. The van der Waals surface area contributed by atoms with Crippen LogP contribution in [0.1, 0.15) is 16.7 Å². The number of aryl methyl sites for hydroxylation is 2. The number of amidine groups is 1. The van der Waals surface area contributed by atoms with Crippen LogP contribution in [0.3, 0.4) is 0 Å². The van der Waals surface area contributed by atoms with Gasteiger partial charge in [-0.15, -0.1) is 0 Å². The number of aromatic amines is 1. The number of anilines is 1. The normalized spacial score (nSPS) is 15.8. The summed E-state index contributed by atoms with van der Waals surface area (Å²) in [5.74, 6) is -0.207. The van der Waals surface area contributed by atoms with Crippen LogP contribution in [-0.2, 0) is 4.79 Å². The van der Waals surface area contributed by atoms with Gasteiger partial charge in [0.2, 0.25) is 0 Å². The molecule has 3 aromatic rings. The zero-order valence-corrected chi connectivity index (χ0v) is 14.8. The number of hydrogen-bond donors (Lipinski definition) is 2. The van der Waals surface area contributed by atoms with E-state index in [-0.39, 0.29) is 5.91 Å². The lowest BCUT2D eigenvalue weighted by Gasteiger charge is -2.07. The van der Waals surface area contributed by atoms with Gasteiger partial charge in [-0.05, 0) is 61.0 Å². The van der Waals surface area contributed by atoms with Crippen LogP contribution in [0, 0.1) is 13.8 Å². The van der Waals surface area contributed by atoms with E-state index in [4.69, 9.17) is 0 Å². The lowest BCUT2D eigenvalue weighted by molar-refractivity contribution is -0.113. The van der Waals surface area contributed by atoms with Crippen molar-refractivity contribution in [2.45, 2.75) is 13.8 Å². The first-order valence-corrected chi connectivity index (χ1v) is 8.85. The summed E-state index contributed by atoms with van der Waals surface area (Å²) in [6, 6.07) is 14.1. The summed E-state index contributed by atoms with van der Waals surface area (Å²) in [6.45, 7) is 4.14. The molecule has 2 aromatic carbocycles. The van der Waals surface area contributed by atoms with Gasteiger partial charge >= 0.3 is 0 Å². The molecule has 1 aromatic heterocycles. The number of carbonyl (C=O) groups is 1. The zero-order chi connectivity index (χ0) is 17.4. The molecule has 0 fully saturated rings. The summed E-state index contributed by atoms with van der Waals surface area (Å²) in [7, 11) is 0. The molecule has 0 unspecified atom stereocenters. The maximum Gasteiger partial charge on any atom is 0.286 e. The Bertz CT molecular complexity index is 1050. The number of thioether (sulfide) groups is 1. The highest BCUT2D eigenvalue weighted by Gasteiger charge is 2.22. The SMILES string of the molecule is Cc1ccc(NC2=NC(=O)C(=Cc3c[nH]c4ccccc34)S2)cc1C. The van der Waals surface area contributed by atoms with Crippen molar-refractivity contribution >= 4 is 45.5 Å². The molecule has 0 radical (unpaired) electrons. The Kier molecular flexibility index (Phi) is 3.93. The molecule has 25 heavy (non-hydrogen) atoms. The fraction of sp³-hybridized carbons (Fsp3) is 0.100. The van der Waals surface area contributed by atoms with Crippen LogP contribution in [0.2, 0.25) is 0 Å². The van der Waals surface area contributed by atoms with Crippen molar-refractivity contribution in [2.75, 3.05) is 5.32 Å². The van der Waals surface area contributed by atoms with Gasteiger partial charge in [-0.3, -0.25) is 4.79 Å². The number of amides is 1. The highest BCUT2D eigenvalue weighted by molar-refractivity contribution is 8.18. The molecule has 0 atom stereocenters. The predicted octanol–water partition coefficient (Wildman–Crippen LogP) is 4.87. The maximum absolute atomic E-state index is 12.2. The number of H-pyrrole nitrogens is 1. The smallest absolute Gasteiger partial charge is 0.286 e. The molecule has 1 aliphatic rings. The molecule has 2 heterocycles. The average Bonchev–Trinajstić information content (AvgIpc) is 3.16. The van der Waals surface area contributed by atoms with Crippen molar-refractivity contribution in [1.29, 1.82) is 0 Å². The van der Waals surface area contributed by atoms with Gasteiger partial charge in [-0.25, -0.2) is 0 Å². The third-order valence-corrected chi connectivity index (χ3v) is 5.19. The molecule has 124 valence electrons. The second kappa shape index (κ2) is 6.26. The van der Waals surface area contributed by atoms with Crippen molar-refractivity contribution in [2.24, 2.45) is 4.99 Å². The number of rotatable bonds is 2. The van der Waals surface area contributed by atoms with Crippen LogP contribution < -0.4 is 5.32 Å². The minimum absolute atomic E-state index is 0.207. The lowest BCUT2D eigenvalue weighted by atomic mass is 10.1. The molecule has 0 saturated heterocycles. The van der Waals surface area contributed by atoms with Crippen LogP contribution in [0.15, 0.2) is 58.6 Å². The summed E-state index contributed by atoms with van der Waals surface area (Å²) >= 11 is 1.37. The van der Waals surface area contributed by atoms with E-state index in [0.29, 0.717) is 10.1 Å². The molecule has 4 nitrogen and oxygen atoms in total. The Hall–Kier alpha value is -2.79. The number of aromatic nitrogens is 1. The first-order chi connectivity index (χ1) is 12.1. The van der Waals surface area contributed by atoms with E-state index in [2.05, 4.69) is 41.3 Å². The fourth-order valence-corrected chi connectivity index (χ4v) is 3.58. The van der Waals surface area contributed by atoms with Crippen molar-refractivity contribution in [3.8, 4) is 0 Å². The van der Waals surface area contributed by atoms with Crippen LogP contribution in [0.5, 0.6) is 0 Å².